The number of aliphatic hydroxyl groups is 4. The Morgan fingerprint density at radius 2 is 2.06 bits per heavy atom. The molecule has 0 bridgehead atoms. The molecule has 1 saturated heterocycles. The van der Waals surface area contributed by atoms with Gasteiger partial charge in [-0.15, -0.1) is 0 Å². The molecule has 8 nitrogen and oxygen atoms in total. The van der Waals surface area contributed by atoms with Gasteiger partial charge >= 0.3 is 5.97 Å². The third kappa shape index (κ3) is 2.88. The number of hydrogen-bond donors (Lipinski definition) is 6. The van der Waals surface area contributed by atoms with Crippen LogP contribution < -0.4 is 5.32 Å². The Bertz CT molecular complexity index is 261. The summed E-state index contributed by atoms with van der Waals surface area (Å²) in [4.78, 5) is 10.2. The van der Waals surface area contributed by atoms with Crippen LogP contribution >= 0.6 is 0 Å². The van der Waals surface area contributed by atoms with Gasteiger partial charge in [-0.1, -0.05) is 0 Å². The van der Waals surface area contributed by atoms with Gasteiger partial charge in [0.2, 0.25) is 5.79 Å². The fourth-order valence-electron chi connectivity index (χ4n) is 1.40. The number of rotatable bonds is 4. The highest BCUT2D eigenvalue weighted by molar-refractivity contribution is 5.68. The van der Waals surface area contributed by atoms with Crippen LogP contribution in [-0.2, 0) is 9.53 Å². The number of carboxylic acids is 1. The fourth-order valence-corrected chi connectivity index (χ4v) is 1.40. The second-order valence-corrected chi connectivity index (χ2v) is 3.66. The smallest absolute Gasteiger partial charge is 0.317 e. The molecule has 0 unspecified atom stereocenters. The van der Waals surface area contributed by atoms with Crippen LogP contribution in [0, 0.1) is 0 Å². The first kappa shape index (κ1) is 13.3. The molecule has 4 atom stereocenters. The number of ether oxygens (including phenoxy) is 1. The second kappa shape index (κ2) is 5.04. The topological polar surface area (TPSA) is 139 Å². The quantitative estimate of drug-likeness (QED) is 0.295. The monoisotopic (exact) mass is 237 g/mol. The van der Waals surface area contributed by atoms with E-state index < -0.39 is 36.6 Å². The van der Waals surface area contributed by atoms with Crippen LogP contribution in [0.15, 0.2) is 0 Å². The summed E-state index contributed by atoms with van der Waals surface area (Å²) in [5.41, 5.74) is 0. The van der Waals surface area contributed by atoms with Gasteiger partial charge in [-0.05, 0) is 0 Å². The SMILES string of the molecule is O=C(O)CNC[C@]1(O)OC[C@@H](O)[C@@H](O)[C@@H]1O. The van der Waals surface area contributed by atoms with E-state index in [9.17, 15) is 20.1 Å². The molecule has 0 spiro atoms. The maximum Gasteiger partial charge on any atom is 0.317 e. The predicted octanol–water partition coefficient (Wildman–Crippen LogP) is -3.54. The number of nitrogens with one attached hydrogen (secondary N) is 1. The highest BCUT2D eigenvalue weighted by atomic mass is 16.6. The summed E-state index contributed by atoms with van der Waals surface area (Å²) < 4.78 is 4.78. The average molecular weight is 237 g/mol. The van der Waals surface area contributed by atoms with E-state index in [4.69, 9.17) is 14.9 Å². The van der Waals surface area contributed by atoms with Gasteiger partial charge in [0.15, 0.2) is 0 Å². The first-order chi connectivity index (χ1) is 7.37. The predicted molar refractivity (Wildman–Crippen MR) is 49.4 cm³/mol. The maximum absolute atomic E-state index is 10.2. The summed E-state index contributed by atoms with van der Waals surface area (Å²) in [6.07, 6.45) is -4.53. The molecule has 16 heavy (non-hydrogen) atoms. The van der Waals surface area contributed by atoms with Crippen LogP contribution in [0.3, 0.4) is 0 Å². The largest absolute Gasteiger partial charge is 0.480 e. The molecule has 0 radical (unpaired) electrons. The molecule has 1 heterocycles. The number of carbonyl (C=O) groups is 1. The molecule has 0 aliphatic carbocycles. The zero-order chi connectivity index (χ0) is 12.3. The van der Waals surface area contributed by atoms with Gasteiger partial charge in [-0.25, -0.2) is 0 Å². The molecule has 8 heteroatoms. The zero-order valence-corrected chi connectivity index (χ0v) is 8.41. The zero-order valence-electron chi connectivity index (χ0n) is 8.41. The summed E-state index contributed by atoms with van der Waals surface area (Å²) >= 11 is 0. The summed E-state index contributed by atoms with van der Waals surface area (Å²) in [7, 11) is 0. The first-order valence-corrected chi connectivity index (χ1v) is 4.70. The first-order valence-electron chi connectivity index (χ1n) is 4.70. The Hall–Kier alpha value is -0.770. The molecule has 94 valence electrons. The van der Waals surface area contributed by atoms with Crippen molar-refractivity contribution in [3.8, 4) is 0 Å². The van der Waals surface area contributed by atoms with Gasteiger partial charge in [0.05, 0.1) is 19.7 Å². The van der Waals surface area contributed by atoms with Crippen molar-refractivity contribution < 1.29 is 35.1 Å². The third-order valence-corrected chi connectivity index (χ3v) is 2.34. The normalized spacial score (nSPS) is 39.6. The molecule has 0 aromatic carbocycles. The molecule has 6 N–H and O–H groups in total. The van der Waals surface area contributed by atoms with E-state index >= 15 is 0 Å². The molecule has 1 aliphatic rings. The van der Waals surface area contributed by atoms with E-state index in [0.29, 0.717) is 0 Å². The van der Waals surface area contributed by atoms with Crippen LogP contribution in [0.4, 0.5) is 0 Å². The Morgan fingerprint density at radius 3 is 2.62 bits per heavy atom. The number of hydrogen-bond acceptors (Lipinski definition) is 7. The Morgan fingerprint density at radius 1 is 1.44 bits per heavy atom. The van der Waals surface area contributed by atoms with Crippen molar-refractivity contribution in [2.75, 3.05) is 19.7 Å². The molecular formula is C8H15NO7. The third-order valence-electron chi connectivity index (χ3n) is 2.34. The van der Waals surface area contributed by atoms with Crippen LogP contribution in [0.25, 0.3) is 0 Å². The van der Waals surface area contributed by atoms with Gasteiger partial charge in [0.1, 0.15) is 18.3 Å². The summed E-state index contributed by atoms with van der Waals surface area (Å²) in [6, 6.07) is 0. The van der Waals surface area contributed by atoms with Gasteiger partial charge in [0.25, 0.3) is 0 Å². The lowest BCUT2D eigenvalue weighted by Gasteiger charge is -2.41. The van der Waals surface area contributed by atoms with Gasteiger partial charge < -0.3 is 35.6 Å². The van der Waals surface area contributed by atoms with Crippen LogP contribution in [0.2, 0.25) is 0 Å². The van der Waals surface area contributed by atoms with E-state index in [1.807, 2.05) is 0 Å². The number of carboxylic acid groups (broad SMARTS) is 1. The van der Waals surface area contributed by atoms with E-state index in [0.717, 1.165) is 0 Å². The average Bonchev–Trinajstić information content (AvgIpc) is 2.21. The van der Waals surface area contributed by atoms with Crippen molar-refractivity contribution in [3.63, 3.8) is 0 Å². The molecule has 1 aliphatic heterocycles. The molecule has 1 fully saturated rings. The van der Waals surface area contributed by atoms with Crippen LogP contribution in [0.1, 0.15) is 0 Å². The van der Waals surface area contributed by atoms with Crippen molar-refractivity contribution in [1.82, 2.24) is 5.32 Å². The van der Waals surface area contributed by atoms with E-state index in [-0.39, 0.29) is 13.2 Å². The molecule has 0 aromatic heterocycles. The summed E-state index contributed by atoms with van der Waals surface area (Å²) in [5, 5.41) is 48.3. The number of aliphatic carboxylic acids is 1. The molecular weight excluding hydrogens is 222 g/mol. The van der Waals surface area contributed by atoms with Crippen molar-refractivity contribution in [3.05, 3.63) is 0 Å². The van der Waals surface area contributed by atoms with Crippen molar-refractivity contribution in [2.45, 2.75) is 24.1 Å². The lowest BCUT2D eigenvalue weighted by molar-refractivity contribution is -0.317. The fraction of sp³-hybridized carbons (Fsp3) is 0.875. The Balaban J connectivity index is 2.52. The summed E-state index contributed by atoms with van der Waals surface area (Å²) in [5.74, 6) is -3.23. The standard InChI is InChI=1S/C8H15NO7/c10-4-2-16-8(15,7(14)6(4)13)3-9-1-5(11)12/h4,6-7,9-10,13-15H,1-3H2,(H,11,12)/t4-,6-,7+,8+/m1/s1. The second-order valence-electron chi connectivity index (χ2n) is 3.66. The highest BCUT2D eigenvalue weighted by Gasteiger charge is 2.48. The lowest BCUT2D eigenvalue weighted by Crippen LogP contribution is -2.64. The minimum Gasteiger partial charge on any atom is -0.480 e. The molecule has 0 aromatic rings. The Kier molecular flexibility index (Phi) is 4.19. The van der Waals surface area contributed by atoms with Crippen LogP contribution in [0.5, 0.6) is 0 Å². The van der Waals surface area contributed by atoms with Crippen molar-refractivity contribution in [1.29, 1.82) is 0 Å². The molecule has 1 rings (SSSR count). The Labute approximate surface area is 91.1 Å². The molecule has 0 amide bonds. The van der Waals surface area contributed by atoms with E-state index in [1.165, 1.54) is 0 Å². The summed E-state index contributed by atoms with van der Waals surface area (Å²) in [6.45, 7) is -1.13. The van der Waals surface area contributed by atoms with Gasteiger partial charge in [0, 0.05) is 0 Å². The minimum atomic E-state index is -2.10. The number of aliphatic hydroxyl groups excluding tert-OH is 3. The van der Waals surface area contributed by atoms with Crippen molar-refractivity contribution in [2.24, 2.45) is 0 Å². The highest BCUT2D eigenvalue weighted by Crippen LogP contribution is 2.23. The molecule has 0 saturated carbocycles. The lowest BCUT2D eigenvalue weighted by atomic mass is 9.97. The maximum atomic E-state index is 10.2. The minimum absolute atomic E-state index is 0.344. The van der Waals surface area contributed by atoms with E-state index in [2.05, 4.69) is 5.32 Å². The van der Waals surface area contributed by atoms with Crippen LogP contribution in [-0.4, -0.2) is 75.3 Å². The van der Waals surface area contributed by atoms with E-state index in [1.54, 1.807) is 0 Å². The van der Waals surface area contributed by atoms with Crippen molar-refractivity contribution >= 4 is 5.97 Å². The van der Waals surface area contributed by atoms with Gasteiger partial charge in [-0.3, -0.25) is 4.79 Å². The van der Waals surface area contributed by atoms with Gasteiger partial charge in [-0.2, -0.15) is 0 Å².